The second kappa shape index (κ2) is 8.14. The fourth-order valence-electron chi connectivity index (χ4n) is 2.94. The topological polar surface area (TPSA) is 70.7 Å². The molecule has 2 N–H and O–H groups in total. The van der Waals surface area contributed by atoms with E-state index < -0.39 is 0 Å². The van der Waals surface area contributed by atoms with Crippen LogP contribution in [-0.2, 0) is 17.6 Å². The van der Waals surface area contributed by atoms with E-state index in [2.05, 4.69) is 20.3 Å². The van der Waals surface area contributed by atoms with E-state index in [1.165, 1.54) is 0 Å². The number of aryl methyl sites for hydroxylation is 1. The Morgan fingerprint density at radius 2 is 1.85 bits per heavy atom. The lowest BCUT2D eigenvalue weighted by molar-refractivity contribution is -0.120. The first-order valence-corrected chi connectivity index (χ1v) is 9.86. The molecule has 4 aromatic rings. The summed E-state index contributed by atoms with van der Waals surface area (Å²) in [5.41, 5.74) is 3.93. The van der Waals surface area contributed by atoms with Crippen LogP contribution in [0.5, 0.6) is 0 Å². The summed E-state index contributed by atoms with van der Waals surface area (Å²) in [6.07, 6.45) is 1.97. The summed E-state index contributed by atoms with van der Waals surface area (Å²) in [6, 6.07) is 18.0. The summed E-state index contributed by atoms with van der Waals surface area (Å²) >= 11 is 1.57. The van der Waals surface area contributed by atoms with Gasteiger partial charge in [0.15, 0.2) is 0 Å². The number of aromatic amines is 1. The summed E-state index contributed by atoms with van der Waals surface area (Å²) in [6.45, 7) is 0.631. The van der Waals surface area contributed by atoms with Crippen molar-refractivity contribution in [1.82, 2.24) is 20.3 Å². The Bertz CT molecular complexity index is 1010. The van der Waals surface area contributed by atoms with Crippen LogP contribution in [0.1, 0.15) is 17.9 Å². The largest absolute Gasteiger partial charge is 0.356 e. The molecule has 2 aromatic heterocycles. The molecule has 6 heteroatoms. The van der Waals surface area contributed by atoms with Gasteiger partial charge in [0.1, 0.15) is 10.8 Å². The average Bonchev–Trinajstić information content (AvgIpc) is 3.32. The number of aromatic nitrogens is 3. The molecule has 0 atom stereocenters. The molecule has 0 fully saturated rings. The molecule has 2 heterocycles. The van der Waals surface area contributed by atoms with E-state index in [9.17, 15) is 4.79 Å². The molecule has 0 unspecified atom stereocenters. The molecular formula is C21H20N4OS. The minimum Gasteiger partial charge on any atom is -0.356 e. The van der Waals surface area contributed by atoms with Gasteiger partial charge in [-0.05, 0) is 18.6 Å². The second-order valence-electron chi connectivity index (χ2n) is 6.34. The fraction of sp³-hybridized carbons (Fsp3) is 0.190. The first-order valence-electron chi connectivity index (χ1n) is 8.98. The number of carbonyl (C=O) groups excluding carboxylic acids is 1. The van der Waals surface area contributed by atoms with Crippen molar-refractivity contribution >= 4 is 28.3 Å². The highest BCUT2D eigenvalue weighted by molar-refractivity contribution is 7.13. The van der Waals surface area contributed by atoms with Crippen LogP contribution in [0.3, 0.4) is 0 Å². The maximum Gasteiger partial charge on any atom is 0.226 e. The molecule has 0 aliphatic heterocycles. The van der Waals surface area contributed by atoms with Crippen molar-refractivity contribution < 1.29 is 4.79 Å². The van der Waals surface area contributed by atoms with Crippen LogP contribution < -0.4 is 5.32 Å². The van der Waals surface area contributed by atoms with E-state index in [1.807, 2.05) is 60.0 Å². The van der Waals surface area contributed by atoms with Gasteiger partial charge >= 0.3 is 0 Å². The van der Waals surface area contributed by atoms with Gasteiger partial charge in [-0.3, -0.25) is 4.79 Å². The van der Waals surface area contributed by atoms with E-state index in [0.717, 1.165) is 46.0 Å². The Hall–Kier alpha value is -2.99. The SMILES string of the molecule is O=C(Cc1csc(-c2ccccc2)n1)NCCCc1nc2ccccc2[nH]1. The van der Waals surface area contributed by atoms with Crippen molar-refractivity contribution in [2.24, 2.45) is 0 Å². The van der Waals surface area contributed by atoms with Crippen LogP contribution in [-0.4, -0.2) is 27.4 Å². The van der Waals surface area contributed by atoms with Gasteiger partial charge < -0.3 is 10.3 Å². The molecule has 0 spiro atoms. The molecule has 0 aliphatic rings. The van der Waals surface area contributed by atoms with Gasteiger partial charge in [0.2, 0.25) is 5.91 Å². The van der Waals surface area contributed by atoms with Crippen LogP contribution in [0.15, 0.2) is 60.0 Å². The lowest BCUT2D eigenvalue weighted by Crippen LogP contribution is -2.26. The number of thiazole rings is 1. The number of H-pyrrole nitrogens is 1. The molecule has 27 heavy (non-hydrogen) atoms. The molecule has 0 radical (unpaired) electrons. The number of nitrogens with zero attached hydrogens (tertiary/aromatic N) is 2. The van der Waals surface area contributed by atoms with Crippen molar-refractivity contribution in [1.29, 1.82) is 0 Å². The highest BCUT2D eigenvalue weighted by Gasteiger charge is 2.09. The Labute approximate surface area is 161 Å². The highest BCUT2D eigenvalue weighted by Crippen LogP contribution is 2.23. The van der Waals surface area contributed by atoms with Gasteiger partial charge in [0, 0.05) is 23.9 Å². The van der Waals surface area contributed by atoms with Crippen LogP contribution in [0.25, 0.3) is 21.6 Å². The Kier molecular flexibility index (Phi) is 5.25. The van der Waals surface area contributed by atoms with E-state index in [4.69, 9.17) is 0 Å². The molecule has 0 saturated heterocycles. The van der Waals surface area contributed by atoms with E-state index in [0.29, 0.717) is 13.0 Å². The van der Waals surface area contributed by atoms with Crippen molar-refractivity contribution in [2.75, 3.05) is 6.54 Å². The molecular weight excluding hydrogens is 356 g/mol. The minimum atomic E-state index is 0.00418. The van der Waals surface area contributed by atoms with Gasteiger partial charge in [-0.2, -0.15) is 0 Å². The lowest BCUT2D eigenvalue weighted by Gasteiger charge is -2.03. The standard InChI is InChI=1S/C21H20N4OS/c26-20(13-16-14-27-21(23-16)15-7-2-1-3-8-15)22-12-6-11-19-24-17-9-4-5-10-18(17)25-19/h1-5,7-10,14H,6,11-13H2,(H,22,26)(H,24,25). The van der Waals surface area contributed by atoms with Crippen molar-refractivity contribution in [3.63, 3.8) is 0 Å². The number of rotatable bonds is 7. The summed E-state index contributed by atoms with van der Waals surface area (Å²) in [7, 11) is 0. The van der Waals surface area contributed by atoms with E-state index >= 15 is 0 Å². The van der Waals surface area contributed by atoms with Crippen LogP contribution in [0.2, 0.25) is 0 Å². The number of imidazole rings is 1. The number of para-hydroxylation sites is 2. The molecule has 136 valence electrons. The summed E-state index contributed by atoms with van der Waals surface area (Å²) in [5, 5.41) is 5.87. The third-order valence-electron chi connectivity index (χ3n) is 4.27. The molecule has 1 amide bonds. The normalized spacial score (nSPS) is 11.0. The first kappa shape index (κ1) is 17.4. The molecule has 0 aliphatic carbocycles. The van der Waals surface area contributed by atoms with Gasteiger partial charge in [-0.15, -0.1) is 11.3 Å². The molecule has 5 nitrogen and oxygen atoms in total. The number of fused-ring (bicyclic) bond motifs is 1. The van der Waals surface area contributed by atoms with Crippen molar-refractivity contribution in [2.45, 2.75) is 19.3 Å². The monoisotopic (exact) mass is 376 g/mol. The number of carbonyl (C=O) groups is 1. The highest BCUT2D eigenvalue weighted by atomic mass is 32.1. The number of hydrogen-bond donors (Lipinski definition) is 2. The Morgan fingerprint density at radius 3 is 2.70 bits per heavy atom. The minimum absolute atomic E-state index is 0.00418. The van der Waals surface area contributed by atoms with E-state index in [-0.39, 0.29) is 5.91 Å². The molecule has 0 bridgehead atoms. The molecule has 2 aromatic carbocycles. The number of nitrogens with one attached hydrogen (secondary N) is 2. The predicted octanol–water partition coefficient (Wildman–Crippen LogP) is 3.98. The first-order chi connectivity index (χ1) is 13.3. The smallest absolute Gasteiger partial charge is 0.226 e. The quantitative estimate of drug-likeness (QED) is 0.479. The lowest BCUT2D eigenvalue weighted by atomic mass is 10.2. The van der Waals surface area contributed by atoms with Crippen molar-refractivity contribution in [3.8, 4) is 10.6 Å². The number of amides is 1. The predicted molar refractivity (Wildman–Crippen MR) is 109 cm³/mol. The summed E-state index contributed by atoms with van der Waals surface area (Å²) in [4.78, 5) is 24.6. The third-order valence-corrected chi connectivity index (χ3v) is 5.21. The van der Waals surface area contributed by atoms with Crippen LogP contribution in [0, 0.1) is 0 Å². The molecule has 4 rings (SSSR count). The van der Waals surface area contributed by atoms with Gasteiger partial charge in [-0.25, -0.2) is 9.97 Å². The van der Waals surface area contributed by atoms with Gasteiger partial charge in [0.25, 0.3) is 0 Å². The zero-order chi connectivity index (χ0) is 18.5. The van der Waals surface area contributed by atoms with Crippen molar-refractivity contribution in [3.05, 3.63) is 71.5 Å². The fourth-order valence-corrected chi connectivity index (χ4v) is 3.76. The number of benzene rings is 2. The maximum atomic E-state index is 12.1. The Morgan fingerprint density at radius 1 is 1.04 bits per heavy atom. The average molecular weight is 376 g/mol. The zero-order valence-corrected chi connectivity index (χ0v) is 15.6. The Balaban J connectivity index is 1.23. The van der Waals surface area contributed by atoms with E-state index in [1.54, 1.807) is 11.3 Å². The van der Waals surface area contributed by atoms with Crippen LogP contribution >= 0.6 is 11.3 Å². The third kappa shape index (κ3) is 4.41. The van der Waals surface area contributed by atoms with Gasteiger partial charge in [0.05, 0.1) is 23.1 Å². The van der Waals surface area contributed by atoms with Crippen LogP contribution in [0.4, 0.5) is 0 Å². The maximum absolute atomic E-state index is 12.1. The summed E-state index contributed by atoms with van der Waals surface area (Å²) < 4.78 is 0. The molecule has 0 saturated carbocycles. The van der Waals surface area contributed by atoms with Gasteiger partial charge in [-0.1, -0.05) is 42.5 Å². The number of hydrogen-bond acceptors (Lipinski definition) is 4. The summed E-state index contributed by atoms with van der Waals surface area (Å²) in [5.74, 6) is 0.960. The second-order valence-corrected chi connectivity index (χ2v) is 7.20. The zero-order valence-electron chi connectivity index (χ0n) is 14.8.